The third-order valence-electron chi connectivity index (χ3n) is 4.07. The van der Waals surface area contributed by atoms with E-state index in [1.165, 1.54) is 35.6 Å². The monoisotopic (exact) mass is 401 g/mol. The molecule has 6 nitrogen and oxygen atoms in total. The summed E-state index contributed by atoms with van der Waals surface area (Å²) in [5, 5.41) is 7.58. The summed E-state index contributed by atoms with van der Waals surface area (Å²) < 4.78 is 28.9. The van der Waals surface area contributed by atoms with Crippen molar-refractivity contribution < 1.29 is 23.1 Å². The lowest BCUT2D eigenvalue weighted by Gasteiger charge is -2.06. The van der Waals surface area contributed by atoms with E-state index in [1.807, 2.05) is 18.2 Å². The van der Waals surface area contributed by atoms with E-state index < -0.39 is 12.5 Å². The standard InChI is InChI=1S/C19H13F2N3O3S/c20-18(21)27-13-3-1-2-11(7-13)17(26)24-19-23-15(9-28-19)10-4-5-14-12(6-10)8-16(25)22-14/h1-7,9,18H,8H2,(H,22,25)(H,23,24,26). The summed E-state index contributed by atoms with van der Waals surface area (Å²) in [6.07, 6.45) is 0.327. The Morgan fingerprint density at radius 1 is 1.25 bits per heavy atom. The maximum atomic E-state index is 12.4. The van der Waals surface area contributed by atoms with Crippen LogP contribution in [0.25, 0.3) is 11.3 Å². The van der Waals surface area contributed by atoms with Crippen molar-refractivity contribution in [2.45, 2.75) is 13.0 Å². The molecule has 1 aliphatic rings. The molecule has 4 rings (SSSR count). The number of carbonyl (C=O) groups is 2. The Morgan fingerprint density at radius 2 is 2.11 bits per heavy atom. The van der Waals surface area contributed by atoms with Gasteiger partial charge in [0.25, 0.3) is 5.91 Å². The zero-order valence-electron chi connectivity index (χ0n) is 14.2. The van der Waals surface area contributed by atoms with E-state index in [1.54, 1.807) is 5.38 Å². The number of nitrogens with one attached hydrogen (secondary N) is 2. The second-order valence-corrected chi connectivity index (χ2v) is 6.85. The van der Waals surface area contributed by atoms with Crippen LogP contribution in [0.4, 0.5) is 19.6 Å². The van der Waals surface area contributed by atoms with Crippen molar-refractivity contribution in [2.75, 3.05) is 10.6 Å². The first-order chi connectivity index (χ1) is 13.5. The number of benzene rings is 2. The molecule has 0 atom stereocenters. The lowest BCUT2D eigenvalue weighted by molar-refractivity contribution is -0.115. The molecule has 0 unspecified atom stereocenters. The van der Waals surface area contributed by atoms with E-state index in [-0.39, 0.29) is 17.2 Å². The average molecular weight is 401 g/mol. The van der Waals surface area contributed by atoms with Crippen LogP contribution in [0.2, 0.25) is 0 Å². The van der Waals surface area contributed by atoms with Crippen LogP contribution in [-0.4, -0.2) is 23.4 Å². The first kappa shape index (κ1) is 18.1. The molecule has 9 heteroatoms. The van der Waals surface area contributed by atoms with Gasteiger partial charge in [-0.1, -0.05) is 12.1 Å². The number of hydrogen-bond donors (Lipinski definition) is 2. The number of carbonyl (C=O) groups excluding carboxylic acids is 2. The number of amides is 2. The number of alkyl halides is 2. The third kappa shape index (κ3) is 3.84. The summed E-state index contributed by atoms with van der Waals surface area (Å²) in [4.78, 5) is 28.2. The van der Waals surface area contributed by atoms with Gasteiger partial charge in [0.15, 0.2) is 5.13 Å². The SMILES string of the molecule is O=C1Cc2cc(-c3csc(NC(=O)c4cccc(OC(F)F)c4)n3)ccc2N1. The first-order valence-electron chi connectivity index (χ1n) is 8.23. The highest BCUT2D eigenvalue weighted by Crippen LogP contribution is 2.31. The number of fused-ring (bicyclic) bond motifs is 1. The lowest BCUT2D eigenvalue weighted by Crippen LogP contribution is -2.12. The van der Waals surface area contributed by atoms with Gasteiger partial charge >= 0.3 is 6.61 Å². The molecule has 142 valence electrons. The van der Waals surface area contributed by atoms with Gasteiger partial charge in [-0.3, -0.25) is 14.9 Å². The summed E-state index contributed by atoms with van der Waals surface area (Å²) in [5.41, 5.74) is 3.37. The first-order valence-corrected chi connectivity index (χ1v) is 9.11. The van der Waals surface area contributed by atoms with Crippen LogP contribution in [0.3, 0.4) is 0 Å². The fraction of sp³-hybridized carbons (Fsp3) is 0.105. The third-order valence-corrected chi connectivity index (χ3v) is 4.83. The van der Waals surface area contributed by atoms with E-state index in [0.29, 0.717) is 17.2 Å². The predicted octanol–water partition coefficient (Wildman–Crippen LogP) is 4.16. The van der Waals surface area contributed by atoms with Crippen LogP contribution in [0.5, 0.6) is 5.75 Å². The van der Waals surface area contributed by atoms with Gasteiger partial charge in [-0.2, -0.15) is 8.78 Å². The summed E-state index contributed by atoms with van der Waals surface area (Å²) >= 11 is 1.24. The summed E-state index contributed by atoms with van der Waals surface area (Å²) in [6.45, 7) is -2.96. The summed E-state index contributed by atoms with van der Waals surface area (Å²) in [5.74, 6) is -0.621. The van der Waals surface area contributed by atoms with Crippen LogP contribution in [-0.2, 0) is 11.2 Å². The minimum absolute atomic E-state index is 0.0450. The fourth-order valence-corrected chi connectivity index (χ4v) is 3.55. The number of anilines is 2. The number of halogens is 2. The molecular formula is C19H13F2N3O3S. The Kier molecular flexibility index (Phi) is 4.74. The molecule has 0 radical (unpaired) electrons. The van der Waals surface area contributed by atoms with E-state index in [9.17, 15) is 18.4 Å². The predicted molar refractivity (Wildman–Crippen MR) is 101 cm³/mol. The topological polar surface area (TPSA) is 80.3 Å². The van der Waals surface area contributed by atoms with E-state index in [4.69, 9.17) is 0 Å². The second kappa shape index (κ2) is 7.35. The number of ether oxygens (including phenoxy) is 1. The number of nitrogens with zero attached hydrogens (tertiary/aromatic N) is 1. The van der Waals surface area contributed by atoms with Gasteiger partial charge in [0.2, 0.25) is 5.91 Å². The van der Waals surface area contributed by atoms with Crippen molar-refractivity contribution in [3.8, 4) is 17.0 Å². The van der Waals surface area contributed by atoms with Crippen molar-refractivity contribution in [3.63, 3.8) is 0 Å². The Balaban J connectivity index is 1.49. The van der Waals surface area contributed by atoms with Gasteiger partial charge in [-0.15, -0.1) is 11.3 Å². The zero-order chi connectivity index (χ0) is 19.7. The molecule has 2 aromatic carbocycles. The van der Waals surface area contributed by atoms with Gasteiger partial charge in [-0.05, 0) is 35.9 Å². The molecular weight excluding hydrogens is 388 g/mol. The molecule has 0 bridgehead atoms. The molecule has 3 aromatic rings. The Morgan fingerprint density at radius 3 is 2.93 bits per heavy atom. The van der Waals surface area contributed by atoms with E-state index in [2.05, 4.69) is 20.4 Å². The van der Waals surface area contributed by atoms with Gasteiger partial charge in [-0.25, -0.2) is 4.98 Å². The maximum absolute atomic E-state index is 12.4. The number of hydrogen-bond acceptors (Lipinski definition) is 5. The van der Waals surface area contributed by atoms with E-state index in [0.717, 1.165) is 16.8 Å². The Bertz CT molecular complexity index is 1070. The van der Waals surface area contributed by atoms with Crippen LogP contribution in [0, 0.1) is 0 Å². The summed E-state index contributed by atoms with van der Waals surface area (Å²) in [6, 6.07) is 11.1. The highest BCUT2D eigenvalue weighted by molar-refractivity contribution is 7.14. The molecule has 0 fully saturated rings. The summed E-state index contributed by atoms with van der Waals surface area (Å²) in [7, 11) is 0. The minimum Gasteiger partial charge on any atom is -0.435 e. The van der Waals surface area contributed by atoms with Gasteiger partial charge in [0.05, 0.1) is 12.1 Å². The molecule has 28 heavy (non-hydrogen) atoms. The van der Waals surface area contributed by atoms with Crippen LogP contribution >= 0.6 is 11.3 Å². The smallest absolute Gasteiger partial charge is 0.387 e. The number of rotatable bonds is 5. The normalized spacial score (nSPS) is 12.6. The highest BCUT2D eigenvalue weighted by atomic mass is 32.1. The Labute approximate surface area is 162 Å². The molecule has 0 aliphatic carbocycles. The quantitative estimate of drug-likeness (QED) is 0.673. The molecule has 0 spiro atoms. The van der Waals surface area contributed by atoms with Crippen molar-refractivity contribution in [2.24, 2.45) is 0 Å². The zero-order valence-corrected chi connectivity index (χ0v) is 15.1. The van der Waals surface area contributed by atoms with E-state index >= 15 is 0 Å². The molecule has 1 aliphatic heterocycles. The number of aromatic nitrogens is 1. The number of thiazole rings is 1. The molecule has 2 amide bonds. The largest absolute Gasteiger partial charge is 0.435 e. The van der Waals surface area contributed by atoms with Gasteiger partial charge in [0.1, 0.15) is 5.75 Å². The van der Waals surface area contributed by atoms with Crippen molar-refractivity contribution in [3.05, 3.63) is 59.0 Å². The average Bonchev–Trinajstić information content (AvgIpc) is 3.26. The minimum atomic E-state index is -2.96. The molecule has 2 N–H and O–H groups in total. The lowest BCUT2D eigenvalue weighted by atomic mass is 10.1. The van der Waals surface area contributed by atoms with Gasteiger partial charge < -0.3 is 10.1 Å². The second-order valence-electron chi connectivity index (χ2n) is 6.00. The fourth-order valence-electron chi connectivity index (χ4n) is 2.84. The van der Waals surface area contributed by atoms with Gasteiger partial charge in [0, 0.05) is 22.2 Å². The molecule has 0 saturated carbocycles. The maximum Gasteiger partial charge on any atom is 0.387 e. The highest BCUT2D eigenvalue weighted by Gasteiger charge is 2.18. The molecule has 1 aromatic heterocycles. The van der Waals surface area contributed by atoms with Crippen molar-refractivity contribution in [1.82, 2.24) is 4.98 Å². The van der Waals surface area contributed by atoms with Crippen molar-refractivity contribution >= 4 is 34.0 Å². The van der Waals surface area contributed by atoms with Crippen LogP contribution in [0.1, 0.15) is 15.9 Å². The molecule has 2 heterocycles. The molecule has 0 saturated heterocycles. The van der Waals surface area contributed by atoms with Crippen molar-refractivity contribution in [1.29, 1.82) is 0 Å². The van der Waals surface area contributed by atoms with Crippen LogP contribution in [0.15, 0.2) is 47.8 Å². The Hall–Kier alpha value is -3.33. The van der Waals surface area contributed by atoms with Crippen LogP contribution < -0.4 is 15.4 Å².